The van der Waals surface area contributed by atoms with Crippen LogP contribution in [0.4, 0.5) is 9.59 Å². The van der Waals surface area contributed by atoms with E-state index in [9.17, 15) is 42.7 Å². The van der Waals surface area contributed by atoms with Crippen molar-refractivity contribution in [2.45, 2.75) is 62.7 Å². The molecule has 29 nitrogen and oxygen atoms in total. The summed E-state index contributed by atoms with van der Waals surface area (Å²) in [5, 5.41) is 8.22. The summed E-state index contributed by atoms with van der Waals surface area (Å²) in [4.78, 5) is 90.3. The number of amides is 2. The van der Waals surface area contributed by atoms with Gasteiger partial charge in [0.15, 0.2) is 0 Å². The van der Waals surface area contributed by atoms with Gasteiger partial charge in [0.2, 0.25) is 0 Å². The molecule has 3 unspecified atom stereocenters. The van der Waals surface area contributed by atoms with Crippen LogP contribution in [0.1, 0.15) is 51.3 Å². The van der Waals surface area contributed by atoms with Gasteiger partial charge in [-0.15, -0.1) is 0 Å². The molecule has 0 radical (unpaired) electrons. The minimum Gasteiger partial charge on any atom is -0.450 e. The number of ether oxygens (including phenoxy) is 7. The molecule has 34 heteroatoms. The number of aromatic amines is 1. The molecule has 1 aliphatic heterocycles. The standard InChI is InChI=1S/C31H53N8O21P3S2/c1-31(2,7-13-55-30(43)35-10-15-52-17-16-51-14-8-32)65-64-22-53-11-3-4-12-54-29(42)34-9-5-6-23-19-39(28(41)37-27(23)40)26-18-24(56-21-36-38-33)25(58-26)20-57-62(47,48)60-63(49,50)59-61(44,45)46/h19,24-26H,3-4,7-18,20-22,32H2,1-2H3,(H,34,42)(H,35,43)(H,47,48)(H,49,50)(H,37,40,41)(H2,44,45,46)/t24-,25+,26?/m0/s1. The van der Waals surface area contributed by atoms with Crippen LogP contribution in [0.5, 0.6) is 0 Å². The van der Waals surface area contributed by atoms with Crippen LogP contribution in [-0.2, 0) is 60.0 Å². The highest BCUT2D eigenvalue weighted by Crippen LogP contribution is 2.66. The zero-order valence-corrected chi connectivity index (χ0v) is 39.4. The SMILES string of the molecule is CC(C)(CCOC(=O)NCCOCCOCCN)SSCOCCCCOC(=O)NCC#Cc1cn(C2C[C@H](OCN=[N+]=[N-])[C@@H](COP(=O)(O)OP(=O)(O)OP(=O)(O)O)O2)c(=O)[nH]c1=O. The number of unbranched alkanes of at least 4 members (excludes halogenated alkanes) is 1. The van der Waals surface area contributed by atoms with E-state index in [2.05, 4.69) is 45.6 Å². The van der Waals surface area contributed by atoms with Crippen molar-refractivity contribution >= 4 is 57.2 Å². The van der Waals surface area contributed by atoms with Crippen molar-refractivity contribution < 1.29 is 89.2 Å². The Hall–Kier alpha value is -3.04. The summed E-state index contributed by atoms with van der Waals surface area (Å²) in [7, 11) is -13.9. The monoisotopic (exact) mass is 1030 g/mol. The average Bonchev–Trinajstić information content (AvgIpc) is 3.60. The van der Waals surface area contributed by atoms with E-state index in [0.29, 0.717) is 71.3 Å². The van der Waals surface area contributed by atoms with E-state index in [1.165, 1.54) is 10.8 Å². The molecule has 2 amide bonds. The summed E-state index contributed by atoms with van der Waals surface area (Å²) in [6.45, 7) is 5.40. The number of carbonyl (C=O) groups excluding carboxylic acids is 2. The lowest BCUT2D eigenvalue weighted by atomic mass is 10.1. The van der Waals surface area contributed by atoms with Crippen molar-refractivity contribution in [3.05, 3.63) is 43.0 Å². The van der Waals surface area contributed by atoms with E-state index in [4.69, 9.17) is 54.2 Å². The maximum Gasteiger partial charge on any atom is 0.490 e. The van der Waals surface area contributed by atoms with E-state index in [1.54, 1.807) is 10.8 Å². The fourth-order valence-electron chi connectivity index (χ4n) is 4.78. The molecule has 1 aliphatic rings. The molecule has 370 valence electrons. The number of nitrogens with two attached hydrogens (primary N) is 1. The molecule has 2 rings (SSSR count). The lowest BCUT2D eigenvalue weighted by molar-refractivity contribution is -0.0601. The molecular formula is C31H53N8O21P3S2. The molecule has 9 N–H and O–H groups in total. The molecule has 0 bridgehead atoms. The highest BCUT2D eigenvalue weighted by Gasteiger charge is 2.43. The fourth-order valence-corrected chi connectivity index (χ4v) is 10.1. The van der Waals surface area contributed by atoms with Gasteiger partial charge in [0.05, 0.1) is 58.9 Å². The van der Waals surface area contributed by atoms with Gasteiger partial charge in [-0.05, 0) is 38.6 Å². The maximum absolute atomic E-state index is 12.7. The van der Waals surface area contributed by atoms with Crippen molar-refractivity contribution in [1.29, 1.82) is 0 Å². The highest BCUT2D eigenvalue weighted by atomic mass is 33.1. The number of carbonyl (C=O) groups is 2. The smallest absolute Gasteiger partial charge is 0.450 e. The summed E-state index contributed by atoms with van der Waals surface area (Å²) < 4.78 is 85.0. The average molecular weight is 1030 g/mol. The maximum atomic E-state index is 12.7. The van der Waals surface area contributed by atoms with Crippen LogP contribution in [-0.4, -0.2) is 143 Å². The van der Waals surface area contributed by atoms with Crippen molar-refractivity contribution in [3.8, 4) is 11.8 Å². The van der Waals surface area contributed by atoms with Gasteiger partial charge in [-0.3, -0.25) is 18.9 Å². The van der Waals surface area contributed by atoms with Crippen molar-refractivity contribution in [1.82, 2.24) is 20.2 Å². The second kappa shape index (κ2) is 30.4. The second-order valence-electron chi connectivity index (χ2n) is 13.3. The van der Waals surface area contributed by atoms with Gasteiger partial charge < -0.3 is 69.1 Å². The number of azide groups is 1. The number of nitrogens with one attached hydrogen (secondary N) is 3. The van der Waals surface area contributed by atoms with Crippen LogP contribution in [0, 0.1) is 11.8 Å². The summed E-state index contributed by atoms with van der Waals surface area (Å²) in [6.07, 6.45) is -2.58. The molecule has 0 saturated carbocycles. The summed E-state index contributed by atoms with van der Waals surface area (Å²) in [5.74, 6) is 5.46. The number of aromatic nitrogens is 2. The summed E-state index contributed by atoms with van der Waals surface area (Å²) >= 11 is 0. The number of phosphoric acid groups is 3. The zero-order valence-electron chi connectivity index (χ0n) is 35.1. The number of nitrogens with zero attached hydrogens (tertiary/aromatic N) is 4. The molecule has 1 aromatic heterocycles. The summed E-state index contributed by atoms with van der Waals surface area (Å²) in [6, 6.07) is 0. The first-order valence-corrected chi connectivity index (χ1v) is 26.0. The van der Waals surface area contributed by atoms with Crippen LogP contribution in [0.2, 0.25) is 0 Å². The first-order chi connectivity index (χ1) is 30.7. The molecule has 0 aliphatic carbocycles. The van der Waals surface area contributed by atoms with E-state index >= 15 is 0 Å². The Morgan fingerprint density at radius 1 is 1.00 bits per heavy atom. The minimum absolute atomic E-state index is 0.0874. The van der Waals surface area contributed by atoms with E-state index < -0.39 is 78.7 Å². The van der Waals surface area contributed by atoms with Crippen LogP contribution in [0.3, 0.4) is 0 Å². The first-order valence-electron chi connectivity index (χ1n) is 19.1. The topological polar surface area (TPSA) is 412 Å². The van der Waals surface area contributed by atoms with E-state index in [1.807, 2.05) is 18.8 Å². The minimum atomic E-state index is -5.82. The highest BCUT2D eigenvalue weighted by molar-refractivity contribution is 8.77. The van der Waals surface area contributed by atoms with Gasteiger partial charge in [-0.2, -0.15) is 8.62 Å². The molecule has 5 atom stereocenters. The third-order valence-corrected chi connectivity index (χ3v) is 14.5. The molecule has 2 heterocycles. The Morgan fingerprint density at radius 2 is 1.69 bits per heavy atom. The normalized spacial score (nSPS) is 18.0. The molecule has 1 fully saturated rings. The Bertz CT molecular complexity index is 2030. The van der Waals surface area contributed by atoms with Gasteiger partial charge in [-0.25, -0.2) is 28.1 Å². The molecule has 0 aromatic carbocycles. The molecule has 0 spiro atoms. The molecule has 1 aromatic rings. The Morgan fingerprint density at radius 3 is 2.40 bits per heavy atom. The fraction of sp³-hybridized carbons (Fsp3) is 0.742. The quantitative estimate of drug-likeness (QED) is 0.00747. The predicted octanol–water partition coefficient (Wildman–Crippen LogP) is 1.92. The van der Waals surface area contributed by atoms with Gasteiger partial charge >= 0.3 is 41.3 Å². The van der Waals surface area contributed by atoms with Gasteiger partial charge in [-0.1, -0.05) is 38.5 Å². The Kier molecular flexibility index (Phi) is 27.1. The Labute approximate surface area is 379 Å². The Balaban J connectivity index is 1.71. The van der Waals surface area contributed by atoms with Gasteiger partial charge in [0, 0.05) is 42.0 Å². The zero-order chi connectivity index (χ0) is 48.4. The van der Waals surface area contributed by atoms with Crippen LogP contribution in [0.25, 0.3) is 10.4 Å². The second-order valence-corrected chi connectivity index (χ2v) is 20.7. The molecule has 65 heavy (non-hydrogen) atoms. The van der Waals surface area contributed by atoms with E-state index in [-0.39, 0.29) is 36.5 Å². The lowest BCUT2D eigenvalue weighted by Crippen LogP contribution is -2.34. The van der Waals surface area contributed by atoms with Crippen molar-refractivity contribution in [3.63, 3.8) is 0 Å². The van der Waals surface area contributed by atoms with E-state index in [0.717, 1.165) is 10.8 Å². The van der Waals surface area contributed by atoms with Crippen LogP contribution in [0.15, 0.2) is 20.9 Å². The van der Waals surface area contributed by atoms with Crippen LogP contribution < -0.4 is 27.6 Å². The number of alkyl carbamates (subject to hydrolysis) is 2. The first kappa shape index (κ1) is 58.1. The number of hydrogen-bond acceptors (Lipinski definition) is 21. The van der Waals surface area contributed by atoms with Crippen molar-refractivity contribution in [2.24, 2.45) is 10.8 Å². The van der Waals surface area contributed by atoms with Crippen molar-refractivity contribution in [2.75, 3.05) is 85.2 Å². The number of H-pyrrole nitrogens is 1. The number of rotatable bonds is 32. The third-order valence-electron chi connectivity index (χ3n) is 7.65. The molecule has 1 saturated heterocycles. The summed E-state index contributed by atoms with van der Waals surface area (Å²) in [5.41, 5.74) is 11.8. The largest absolute Gasteiger partial charge is 0.490 e. The predicted molar refractivity (Wildman–Crippen MR) is 229 cm³/mol. The van der Waals surface area contributed by atoms with Gasteiger partial charge in [0.1, 0.15) is 30.6 Å². The van der Waals surface area contributed by atoms with Gasteiger partial charge in [0.25, 0.3) is 5.56 Å². The van der Waals surface area contributed by atoms with Crippen LogP contribution >= 0.6 is 45.1 Å². The number of hydrogen-bond donors (Lipinski definition) is 8. The third kappa shape index (κ3) is 26.8. The lowest BCUT2D eigenvalue weighted by Gasteiger charge is -2.22. The molecular weight excluding hydrogens is 977 g/mol. The number of phosphoric ester groups is 1.